The number of sulfonamides is 1. The zero-order chi connectivity index (χ0) is 21.2. The summed E-state index contributed by atoms with van der Waals surface area (Å²) in [5.74, 6) is -1.09. The minimum absolute atomic E-state index is 0.110. The first-order valence-electron chi connectivity index (χ1n) is 10.1. The van der Waals surface area contributed by atoms with E-state index in [1.807, 2.05) is 0 Å². The molecule has 2 aliphatic rings. The van der Waals surface area contributed by atoms with Crippen LogP contribution in [0.3, 0.4) is 0 Å². The van der Waals surface area contributed by atoms with Crippen LogP contribution in [0.25, 0.3) is 0 Å². The number of amides is 1. The third-order valence-corrected chi connectivity index (χ3v) is 7.68. The van der Waals surface area contributed by atoms with Crippen LogP contribution < -0.4 is 10.2 Å². The molecule has 2 unspecified atom stereocenters. The predicted molar refractivity (Wildman–Crippen MR) is 110 cm³/mol. The summed E-state index contributed by atoms with van der Waals surface area (Å²) < 4.78 is 27.2. The average Bonchev–Trinajstić information content (AvgIpc) is 3.51. The van der Waals surface area contributed by atoms with Crippen molar-refractivity contribution in [2.75, 3.05) is 36.4 Å². The minimum Gasteiger partial charge on any atom is -0.370 e. The molecule has 29 heavy (non-hydrogen) atoms. The number of piperidine rings is 1. The fourth-order valence-corrected chi connectivity index (χ4v) is 5.31. The van der Waals surface area contributed by atoms with Crippen molar-refractivity contribution in [3.63, 3.8) is 0 Å². The largest absolute Gasteiger partial charge is 0.370 e. The maximum Gasteiger partial charge on any atom is 0.243 e. The quantitative estimate of drug-likeness (QED) is 0.506. The predicted octanol–water partition coefficient (Wildman–Crippen LogP) is 2.31. The standard InChI is InChI=1S/C19H28N4O5S/c1-3-22(4-2)29(27,28)14-8-9-17(21-10-6-5-7-11-21)16(12-14)20-19(24)15-13-18(15)23(25)26/h8-9,12,15,18H,3-7,10-11,13H2,1-2H3,(H,20,24). The Bertz CT molecular complexity index is 879. The molecule has 10 heteroatoms. The van der Waals surface area contributed by atoms with Crippen molar-refractivity contribution in [1.82, 2.24) is 4.31 Å². The first-order valence-corrected chi connectivity index (χ1v) is 11.6. The number of hydrogen-bond donors (Lipinski definition) is 1. The number of nitrogens with zero attached hydrogens (tertiary/aromatic N) is 3. The normalized spacial score (nSPS) is 21.8. The molecular weight excluding hydrogens is 396 g/mol. The molecule has 0 aromatic heterocycles. The summed E-state index contributed by atoms with van der Waals surface area (Å²) in [6.45, 7) is 5.90. The lowest BCUT2D eigenvalue weighted by Crippen LogP contribution is -2.32. The molecule has 1 aliphatic carbocycles. The summed E-state index contributed by atoms with van der Waals surface area (Å²) in [6, 6.07) is 3.94. The number of hydrogen-bond acceptors (Lipinski definition) is 6. The summed E-state index contributed by atoms with van der Waals surface area (Å²) in [4.78, 5) is 25.2. The molecule has 2 atom stereocenters. The van der Waals surface area contributed by atoms with Crippen molar-refractivity contribution in [3.05, 3.63) is 28.3 Å². The highest BCUT2D eigenvalue weighted by Crippen LogP contribution is 2.37. The third-order valence-electron chi connectivity index (χ3n) is 5.63. The van der Waals surface area contributed by atoms with Crippen LogP contribution in [-0.4, -0.2) is 55.8 Å². The topological polar surface area (TPSA) is 113 Å². The second kappa shape index (κ2) is 8.66. The molecule has 1 amide bonds. The molecule has 1 heterocycles. The maximum atomic E-state index is 12.9. The van der Waals surface area contributed by atoms with Crippen molar-refractivity contribution >= 4 is 27.3 Å². The Hall–Kier alpha value is -2.20. The first kappa shape index (κ1) is 21.5. The summed E-state index contributed by atoms with van der Waals surface area (Å²) >= 11 is 0. The van der Waals surface area contributed by atoms with E-state index in [9.17, 15) is 23.3 Å². The smallest absolute Gasteiger partial charge is 0.243 e. The van der Waals surface area contributed by atoms with E-state index in [1.54, 1.807) is 26.0 Å². The zero-order valence-electron chi connectivity index (χ0n) is 16.8. The lowest BCUT2D eigenvalue weighted by molar-refractivity contribution is -0.497. The Balaban J connectivity index is 1.93. The second-order valence-corrected chi connectivity index (χ2v) is 9.44. The summed E-state index contributed by atoms with van der Waals surface area (Å²) in [5, 5.41) is 13.7. The van der Waals surface area contributed by atoms with Crippen LogP contribution in [0, 0.1) is 16.0 Å². The van der Waals surface area contributed by atoms with Gasteiger partial charge in [-0.2, -0.15) is 4.31 Å². The van der Waals surface area contributed by atoms with E-state index in [4.69, 9.17) is 0 Å². The average molecular weight is 425 g/mol. The van der Waals surface area contributed by atoms with Crippen LogP contribution in [0.5, 0.6) is 0 Å². The van der Waals surface area contributed by atoms with E-state index in [1.165, 1.54) is 10.4 Å². The number of benzene rings is 1. The van der Waals surface area contributed by atoms with Gasteiger partial charge in [0.05, 0.1) is 16.3 Å². The molecule has 2 fully saturated rings. The fraction of sp³-hybridized carbons (Fsp3) is 0.632. The lowest BCUT2D eigenvalue weighted by Gasteiger charge is -2.31. The first-order chi connectivity index (χ1) is 13.8. The van der Waals surface area contributed by atoms with Crippen molar-refractivity contribution in [2.45, 2.75) is 50.5 Å². The van der Waals surface area contributed by atoms with Gasteiger partial charge in [-0.15, -0.1) is 0 Å². The number of anilines is 2. The van der Waals surface area contributed by atoms with Gasteiger partial charge in [-0.3, -0.25) is 14.9 Å². The van der Waals surface area contributed by atoms with Gasteiger partial charge in [0.15, 0.2) is 0 Å². The van der Waals surface area contributed by atoms with E-state index < -0.39 is 32.8 Å². The highest BCUT2D eigenvalue weighted by atomic mass is 32.2. The SMILES string of the molecule is CCN(CC)S(=O)(=O)c1ccc(N2CCCCC2)c(NC(=O)C2CC2[N+](=O)[O-])c1. The summed E-state index contributed by atoms with van der Waals surface area (Å²) in [6.07, 6.45) is 3.41. The Morgan fingerprint density at radius 1 is 1.24 bits per heavy atom. The van der Waals surface area contributed by atoms with Crippen LogP contribution in [0.2, 0.25) is 0 Å². The fourth-order valence-electron chi connectivity index (χ4n) is 3.82. The second-order valence-electron chi connectivity index (χ2n) is 7.50. The van der Waals surface area contributed by atoms with E-state index >= 15 is 0 Å². The molecule has 3 rings (SSSR count). The van der Waals surface area contributed by atoms with Crippen LogP contribution in [-0.2, 0) is 14.8 Å². The monoisotopic (exact) mass is 424 g/mol. The molecular formula is C19H28N4O5S. The Morgan fingerprint density at radius 2 is 1.90 bits per heavy atom. The molecule has 1 saturated carbocycles. The van der Waals surface area contributed by atoms with E-state index in [2.05, 4.69) is 10.2 Å². The minimum atomic E-state index is -3.68. The van der Waals surface area contributed by atoms with Crippen molar-refractivity contribution in [1.29, 1.82) is 0 Å². The van der Waals surface area contributed by atoms with Crippen molar-refractivity contribution < 1.29 is 18.1 Å². The molecule has 9 nitrogen and oxygen atoms in total. The van der Waals surface area contributed by atoms with Gasteiger partial charge in [0.25, 0.3) is 0 Å². The summed E-state index contributed by atoms with van der Waals surface area (Å²) in [5.41, 5.74) is 1.16. The van der Waals surface area contributed by atoms with E-state index in [0.717, 1.165) is 38.0 Å². The highest BCUT2D eigenvalue weighted by Gasteiger charge is 2.53. The molecule has 160 valence electrons. The summed E-state index contributed by atoms with van der Waals surface area (Å²) in [7, 11) is -3.68. The van der Waals surface area contributed by atoms with Crippen LogP contribution in [0.15, 0.2) is 23.1 Å². The van der Waals surface area contributed by atoms with Gasteiger partial charge in [0, 0.05) is 37.5 Å². The lowest BCUT2D eigenvalue weighted by atomic mass is 10.1. The Morgan fingerprint density at radius 3 is 2.45 bits per heavy atom. The molecule has 1 aromatic rings. The van der Waals surface area contributed by atoms with Crippen LogP contribution >= 0.6 is 0 Å². The van der Waals surface area contributed by atoms with Crippen molar-refractivity contribution in [3.8, 4) is 0 Å². The molecule has 1 aromatic carbocycles. The van der Waals surface area contributed by atoms with Crippen molar-refractivity contribution in [2.24, 2.45) is 5.92 Å². The third kappa shape index (κ3) is 4.53. The Kier molecular flexibility index (Phi) is 6.42. The van der Waals surface area contributed by atoms with E-state index in [0.29, 0.717) is 18.8 Å². The Labute approximate surface area is 171 Å². The van der Waals surface area contributed by atoms with Crippen LogP contribution in [0.1, 0.15) is 39.5 Å². The molecule has 0 bridgehead atoms. The molecule has 1 N–H and O–H groups in total. The van der Waals surface area contributed by atoms with Gasteiger partial charge in [-0.05, 0) is 37.5 Å². The number of carbonyl (C=O) groups is 1. The van der Waals surface area contributed by atoms with Gasteiger partial charge in [0.2, 0.25) is 22.0 Å². The molecule has 1 saturated heterocycles. The molecule has 0 radical (unpaired) electrons. The molecule has 0 spiro atoms. The number of rotatable bonds is 8. The van der Waals surface area contributed by atoms with Gasteiger partial charge in [0.1, 0.15) is 5.92 Å². The number of nitrogens with one attached hydrogen (secondary N) is 1. The number of carbonyl (C=O) groups excluding carboxylic acids is 1. The van der Waals surface area contributed by atoms with Gasteiger partial charge in [-0.25, -0.2) is 8.42 Å². The van der Waals surface area contributed by atoms with Gasteiger partial charge >= 0.3 is 0 Å². The maximum absolute atomic E-state index is 12.9. The van der Waals surface area contributed by atoms with E-state index in [-0.39, 0.29) is 11.3 Å². The molecule has 1 aliphatic heterocycles. The van der Waals surface area contributed by atoms with Crippen LogP contribution in [0.4, 0.5) is 11.4 Å². The zero-order valence-corrected chi connectivity index (χ0v) is 17.7. The van der Waals surface area contributed by atoms with Gasteiger partial charge in [-0.1, -0.05) is 13.8 Å². The number of nitro groups is 1. The highest BCUT2D eigenvalue weighted by molar-refractivity contribution is 7.89. The van der Waals surface area contributed by atoms with Gasteiger partial charge < -0.3 is 10.2 Å².